The van der Waals surface area contributed by atoms with Crippen molar-refractivity contribution in [2.75, 3.05) is 19.8 Å². The van der Waals surface area contributed by atoms with Crippen LogP contribution in [0.1, 0.15) is 10.4 Å². The number of hydrogen-bond acceptors (Lipinski definition) is 5. The van der Waals surface area contributed by atoms with Crippen molar-refractivity contribution in [1.82, 2.24) is 9.78 Å². The highest BCUT2D eigenvalue weighted by Crippen LogP contribution is 2.07. The topological polar surface area (TPSA) is 53.4 Å². The Morgan fingerprint density at radius 1 is 1.39 bits per heavy atom. The van der Waals surface area contributed by atoms with Gasteiger partial charge in [-0.3, -0.25) is 4.68 Å². The molecule has 0 radical (unpaired) electrons. The van der Waals surface area contributed by atoms with E-state index in [1.165, 1.54) is 11.3 Å². The van der Waals surface area contributed by atoms with E-state index in [2.05, 4.69) is 5.10 Å². The first-order valence-corrected chi connectivity index (χ1v) is 6.55. The SMILES string of the molecule is O=C(OCCOCCn1cccn1)c1ccsc1. The number of carbonyl (C=O) groups is 1. The van der Waals surface area contributed by atoms with Gasteiger partial charge in [0.1, 0.15) is 6.61 Å². The molecule has 0 unspecified atom stereocenters. The second-order valence-corrected chi connectivity index (χ2v) is 4.31. The molecule has 18 heavy (non-hydrogen) atoms. The maximum atomic E-state index is 11.4. The van der Waals surface area contributed by atoms with E-state index in [0.717, 1.165) is 0 Å². The third-order valence-electron chi connectivity index (χ3n) is 2.24. The van der Waals surface area contributed by atoms with Crippen LogP contribution in [0.25, 0.3) is 0 Å². The fourth-order valence-electron chi connectivity index (χ4n) is 1.35. The number of rotatable bonds is 7. The van der Waals surface area contributed by atoms with Crippen LogP contribution in [0.5, 0.6) is 0 Å². The van der Waals surface area contributed by atoms with Crippen LogP contribution in [0, 0.1) is 0 Å². The van der Waals surface area contributed by atoms with Crippen LogP contribution in [-0.2, 0) is 16.0 Å². The number of esters is 1. The fraction of sp³-hybridized carbons (Fsp3) is 0.333. The monoisotopic (exact) mass is 266 g/mol. The van der Waals surface area contributed by atoms with Crippen LogP contribution >= 0.6 is 11.3 Å². The van der Waals surface area contributed by atoms with Gasteiger partial charge >= 0.3 is 5.97 Å². The first-order valence-electron chi connectivity index (χ1n) is 5.61. The molecule has 0 amide bonds. The van der Waals surface area contributed by atoms with E-state index >= 15 is 0 Å². The molecular weight excluding hydrogens is 252 g/mol. The van der Waals surface area contributed by atoms with Gasteiger partial charge < -0.3 is 9.47 Å². The largest absolute Gasteiger partial charge is 0.460 e. The van der Waals surface area contributed by atoms with Gasteiger partial charge in [0.15, 0.2) is 0 Å². The average Bonchev–Trinajstić information content (AvgIpc) is 3.05. The van der Waals surface area contributed by atoms with Gasteiger partial charge in [0.2, 0.25) is 0 Å². The fourth-order valence-corrected chi connectivity index (χ4v) is 1.98. The van der Waals surface area contributed by atoms with Gasteiger partial charge in [-0.25, -0.2) is 4.79 Å². The van der Waals surface area contributed by atoms with Gasteiger partial charge in [0, 0.05) is 17.8 Å². The lowest BCUT2D eigenvalue weighted by Crippen LogP contribution is -2.13. The van der Waals surface area contributed by atoms with Crippen LogP contribution < -0.4 is 0 Å². The minimum Gasteiger partial charge on any atom is -0.460 e. The Bertz CT molecular complexity index is 454. The molecule has 0 saturated carbocycles. The molecule has 0 fully saturated rings. The smallest absolute Gasteiger partial charge is 0.339 e. The molecular formula is C12H14N2O3S. The minimum atomic E-state index is -0.299. The summed E-state index contributed by atoms with van der Waals surface area (Å²) in [5.41, 5.74) is 0.594. The van der Waals surface area contributed by atoms with Gasteiger partial charge in [-0.2, -0.15) is 16.4 Å². The van der Waals surface area contributed by atoms with Crippen LogP contribution in [0.2, 0.25) is 0 Å². The van der Waals surface area contributed by atoms with Gasteiger partial charge in [0.25, 0.3) is 0 Å². The molecule has 96 valence electrons. The second kappa shape index (κ2) is 6.93. The lowest BCUT2D eigenvalue weighted by molar-refractivity contribution is 0.0304. The number of carbonyl (C=O) groups excluding carboxylic acids is 1. The minimum absolute atomic E-state index is 0.272. The van der Waals surface area contributed by atoms with Crippen LogP contribution in [-0.4, -0.2) is 35.6 Å². The molecule has 0 N–H and O–H groups in total. The molecule has 0 aliphatic carbocycles. The lowest BCUT2D eigenvalue weighted by atomic mass is 10.3. The van der Waals surface area contributed by atoms with E-state index in [1.807, 2.05) is 17.6 Å². The van der Waals surface area contributed by atoms with Crippen LogP contribution in [0.15, 0.2) is 35.3 Å². The highest BCUT2D eigenvalue weighted by molar-refractivity contribution is 7.08. The van der Waals surface area contributed by atoms with E-state index in [1.54, 1.807) is 22.3 Å². The first-order chi connectivity index (χ1) is 8.86. The summed E-state index contributed by atoms with van der Waals surface area (Å²) in [6.07, 6.45) is 3.60. The van der Waals surface area contributed by atoms with Crippen molar-refractivity contribution < 1.29 is 14.3 Å². The molecule has 0 aromatic carbocycles. The van der Waals surface area contributed by atoms with Crippen molar-refractivity contribution >= 4 is 17.3 Å². The Morgan fingerprint density at radius 3 is 3.06 bits per heavy atom. The third kappa shape index (κ3) is 3.97. The Hall–Kier alpha value is -1.66. The maximum Gasteiger partial charge on any atom is 0.339 e. The molecule has 0 aliphatic heterocycles. The molecule has 0 spiro atoms. The summed E-state index contributed by atoms with van der Waals surface area (Å²) >= 11 is 1.47. The molecule has 5 nitrogen and oxygen atoms in total. The molecule has 0 atom stereocenters. The third-order valence-corrected chi connectivity index (χ3v) is 2.92. The Labute approximate surface area is 109 Å². The molecule has 0 saturated heterocycles. The quantitative estimate of drug-likeness (QED) is 0.566. The molecule has 0 bridgehead atoms. The summed E-state index contributed by atoms with van der Waals surface area (Å²) in [6, 6.07) is 3.61. The summed E-state index contributed by atoms with van der Waals surface area (Å²) in [5, 5.41) is 7.66. The predicted octanol–water partition coefficient (Wildman–Crippen LogP) is 1.82. The van der Waals surface area contributed by atoms with Gasteiger partial charge in [-0.15, -0.1) is 0 Å². The summed E-state index contributed by atoms with van der Waals surface area (Å²) < 4.78 is 12.2. The van der Waals surface area contributed by atoms with Crippen LogP contribution in [0.4, 0.5) is 0 Å². The normalized spacial score (nSPS) is 10.4. The average molecular weight is 266 g/mol. The Kier molecular flexibility index (Phi) is 4.92. The molecule has 0 aliphatic rings. The Balaban J connectivity index is 1.52. The van der Waals surface area contributed by atoms with E-state index in [-0.39, 0.29) is 12.6 Å². The number of thiophene rings is 1. The number of aromatic nitrogens is 2. The first kappa shape index (κ1) is 12.8. The maximum absolute atomic E-state index is 11.4. The predicted molar refractivity (Wildman–Crippen MR) is 67.6 cm³/mol. The molecule has 6 heteroatoms. The Morgan fingerprint density at radius 2 is 2.33 bits per heavy atom. The van der Waals surface area contributed by atoms with Gasteiger partial charge in [-0.1, -0.05) is 0 Å². The molecule has 2 heterocycles. The van der Waals surface area contributed by atoms with Crippen molar-refractivity contribution in [1.29, 1.82) is 0 Å². The van der Waals surface area contributed by atoms with Crippen molar-refractivity contribution in [3.05, 3.63) is 40.8 Å². The van der Waals surface area contributed by atoms with Gasteiger partial charge in [-0.05, 0) is 17.5 Å². The van der Waals surface area contributed by atoms with Crippen molar-refractivity contribution in [3.63, 3.8) is 0 Å². The summed E-state index contributed by atoms with van der Waals surface area (Å²) in [5.74, 6) is -0.299. The number of ether oxygens (including phenoxy) is 2. The summed E-state index contributed by atoms with van der Waals surface area (Å²) in [7, 11) is 0. The number of nitrogens with zero attached hydrogens (tertiary/aromatic N) is 2. The molecule has 2 aromatic rings. The van der Waals surface area contributed by atoms with Gasteiger partial charge in [0.05, 0.1) is 25.3 Å². The zero-order valence-corrected chi connectivity index (χ0v) is 10.6. The highest BCUT2D eigenvalue weighted by Gasteiger charge is 2.06. The summed E-state index contributed by atoms with van der Waals surface area (Å²) in [4.78, 5) is 11.4. The highest BCUT2D eigenvalue weighted by atomic mass is 32.1. The van der Waals surface area contributed by atoms with E-state index in [4.69, 9.17) is 9.47 Å². The van der Waals surface area contributed by atoms with Crippen molar-refractivity contribution in [2.24, 2.45) is 0 Å². The van der Waals surface area contributed by atoms with Crippen molar-refractivity contribution in [2.45, 2.75) is 6.54 Å². The van der Waals surface area contributed by atoms with E-state index in [0.29, 0.717) is 25.3 Å². The zero-order valence-electron chi connectivity index (χ0n) is 9.82. The van der Waals surface area contributed by atoms with Crippen LogP contribution in [0.3, 0.4) is 0 Å². The standard InChI is InChI=1S/C12H14N2O3S/c15-12(11-2-9-18-10-11)17-8-7-16-6-5-14-4-1-3-13-14/h1-4,9-10H,5-8H2. The molecule has 2 aromatic heterocycles. The van der Waals surface area contributed by atoms with E-state index in [9.17, 15) is 4.79 Å². The zero-order chi connectivity index (χ0) is 12.6. The van der Waals surface area contributed by atoms with E-state index < -0.39 is 0 Å². The summed E-state index contributed by atoms with van der Waals surface area (Å²) in [6.45, 7) is 1.92. The lowest BCUT2D eigenvalue weighted by Gasteiger charge is -2.05. The molecule has 2 rings (SSSR count). The van der Waals surface area contributed by atoms with Crippen molar-refractivity contribution in [3.8, 4) is 0 Å². The number of hydrogen-bond donors (Lipinski definition) is 0. The second-order valence-electron chi connectivity index (χ2n) is 3.53.